The summed E-state index contributed by atoms with van der Waals surface area (Å²) in [6, 6.07) is 0. The maximum absolute atomic E-state index is 8.74. The molecule has 0 bridgehead atoms. The molecule has 0 atom stereocenters. The Morgan fingerprint density at radius 1 is 1.14 bits per heavy atom. The van der Waals surface area contributed by atoms with Crippen LogP contribution in [0.15, 0.2) is 0 Å². The second-order valence-corrected chi connectivity index (χ2v) is 1.34. The Kier molecular flexibility index (Phi) is 11.1. The van der Waals surface area contributed by atoms with Gasteiger partial charge in [-0.2, -0.15) is 8.42 Å². The van der Waals surface area contributed by atoms with Crippen molar-refractivity contribution >= 4 is 40.0 Å². The Balaban J connectivity index is -0.0000000800. The van der Waals surface area contributed by atoms with Crippen LogP contribution in [-0.4, -0.2) is 47.1 Å². The molecule has 7 heavy (non-hydrogen) atoms. The summed E-state index contributed by atoms with van der Waals surface area (Å²) in [5.41, 5.74) is 0. The van der Waals surface area contributed by atoms with Crippen LogP contribution >= 0.6 is 0 Å². The molecule has 0 aromatic rings. The van der Waals surface area contributed by atoms with E-state index in [-0.39, 0.29) is 35.7 Å². The van der Waals surface area contributed by atoms with Crippen LogP contribution in [0.1, 0.15) is 0 Å². The van der Waals surface area contributed by atoms with Gasteiger partial charge in [-0.25, -0.2) is 0 Å². The van der Waals surface area contributed by atoms with Gasteiger partial charge in [0.25, 0.3) is 0 Å². The van der Waals surface area contributed by atoms with Crippen molar-refractivity contribution < 1.29 is 17.5 Å². The van der Waals surface area contributed by atoms with Gasteiger partial charge in [0.1, 0.15) is 0 Å². The first-order valence-corrected chi connectivity index (χ1v) is 2.10. The van der Waals surface area contributed by atoms with Crippen molar-refractivity contribution in [2.45, 2.75) is 0 Å². The van der Waals surface area contributed by atoms with E-state index < -0.39 is 10.4 Å². The molecule has 42 valence electrons. The van der Waals surface area contributed by atoms with E-state index in [0.29, 0.717) is 0 Å². The summed E-state index contributed by atoms with van der Waals surface area (Å²) >= 11 is 0. The Hall–Kier alpha value is 0.830. The molecule has 0 aliphatic rings. The summed E-state index contributed by atoms with van der Waals surface area (Å²) < 4.78 is 31.6. The average molecular weight is 139 g/mol. The molecule has 0 heterocycles. The van der Waals surface area contributed by atoms with Crippen molar-refractivity contribution in [2.24, 2.45) is 0 Å². The van der Waals surface area contributed by atoms with Crippen LogP contribution in [0.5, 0.6) is 0 Å². The molecule has 0 saturated heterocycles. The van der Waals surface area contributed by atoms with Crippen molar-refractivity contribution in [1.29, 1.82) is 0 Å². The fourth-order valence-electron chi connectivity index (χ4n) is 0. The zero-order chi connectivity index (χ0) is 4.50. The topological polar surface area (TPSA) is 110 Å². The molecule has 0 saturated carbocycles. The molecule has 7 heteroatoms. The van der Waals surface area contributed by atoms with E-state index in [4.69, 9.17) is 17.5 Å². The molecule has 0 aliphatic carbocycles. The van der Waals surface area contributed by atoms with E-state index in [1.807, 2.05) is 0 Å². The first kappa shape index (κ1) is 15.7. The standard InChI is InChI=1S/H3N.Na.H2O4S.H/c;;1-5(2,3)4;/h1H3;;(H2,1,2,3,4);. The van der Waals surface area contributed by atoms with Gasteiger partial charge in [0, 0.05) is 0 Å². The molecular weight excluding hydrogens is 133 g/mol. The van der Waals surface area contributed by atoms with Crippen LogP contribution in [-0.2, 0) is 10.4 Å². The SMILES string of the molecule is N.O=S(=O)(O)O.[NaH]. The first-order chi connectivity index (χ1) is 2.00. The fourth-order valence-corrected chi connectivity index (χ4v) is 0. The van der Waals surface area contributed by atoms with Crippen LogP contribution in [0.25, 0.3) is 0 Å². The van der Waals surface area contributed by atoms with E-state index in [1.165, 1.54) is 0 Å². The molecule has 0 spiro atoms. The number of rotatable bonds is 0. The monoisotopic (exact) mass is 139 g/mol. The Labute approximate surface area is 63.6 Å². The fraction of sp³-hybridized carbons (Fsp3) is 0. The van der Waals surface area contributed by atoms with Gasteiger partial charge in [-0.3, -0.25) is 9.11 Å². The molecule has 0 radical (unpaired) electrons. The molecule has 0 fully saturated rings. The zero-order valence-corrected chi connectivity index (χ0v) is 3.64. The Bertz CT molecular complexity index is 94.9. The van der Waals surface area contributed by atoms with E-state index in [1.54, 1.807) is 0 Å². The maximum atomic E-state index is 8.74. The normalized spacial score (nSPS) is 8.29. The molecule has 0 aliphatic heterocycles. The summed E-state index contributed by atoms with van der Waals surface area (Å²) in [6.07, 6.45) is 0. The van der Waals surface area contributed by atoms with Gasteiger partial charge in [0.15, 0.2) is 0 Å². The molecule has 5 N–H and O–H groups in total. The van der Waals surface area contributed by atoms with E-state index >= 15 is 0 Å². The van der Waals surface area contributed by atoms with Gasteiger partial charge in [-0.1, -0.05) is 0 Å². The van der Waals surface area contributed by atoms with Gasteiger partial charge in [0.2, 0.25) is 0 Å². The Morgan fingerprint density at radius 2 is 1.14 bits per heavy atom. The molecule has 0 amide bonds. The minimum absolute atomic E-state index is 0. The number of hydrogen-bond acceptors (Lipinski definition) is 3. The molecule has 0 unspecified atom stereocenters. The third-order valence-electron chi connectivity index (χ3n) is 0. The second kappa shape index (κ2) is 4.98. The number of hydrogen-bond donors (Lipinski definition) is 3. The van der Waals surface area contributed by atoms with Gasteiger partial charge >= 0.3 is 40.0 Å². The summed E-state index contributed by atoms with van der Waals surface area (Å²) in [4.78, 5) is 0. The minimum atomic E-state index is -4.67. The van der Waals surface area contributed by atoms with Crippen molar-refractivity contribution in [1.82, 2.24) is 6.15 Å². The van der Waals surface area contributed by atoms with Crippen molar-refractivity contribution in [3.63, 3.8) is 0 Å². The molecule has 5 nitrogen and oxygen atoms in total. The van der Waals surface area contributed by atoms with Crippen molar-refractivity contribution in [3.8, 4) is 0 Å². The van der Waals surface area contributed by atoms with E-state index in [9.17, 15) is 0 Å². The van der Waals surface area contributed by atoms with Gasteiger partial charge < -0.3 is 6.15 Å². The molecule has 0 aromatic carbocycles. The average Bonchev–Trinajstić information content (AvgIpc) is 0.722. The van der Waals surface area contributed by atoms with Crippen LogP contribution in [0.3, 0.4) is 0 Å². The molecular formula is H6NNaO4S. The van der Waals surface area contributed by atoms with E-state index in [2.05, 4.69) is 0 Å². The van der Waals surface area contributed by atoms with Crippen LogP contribution < -0.4 is 6.15 Å². The summed E-state index contributed by atoms with van der Waals surface area (Å²) in [5.74, 6) is 0. The second-order valence-electron chi connectivity index (χ2n) is 0.448. The third-order valence-corrected chi connectivity index (χ3v) is 0. The van der Waals surface area contributed by atoms with Gasteiger partial charge in [-0.05, 0) is 0 Å². The van der Waals surface area contributed by atoms with E-state index in [0.717, 1.165) is 0 Å². The van der Waals surface area contributed by atoms with Gasteiger partial charge in [0.05, 0.1) is 0 Å². The third kappa shape index (κ3) is 231. The summed E-state index contributed by atoms with van der Waals surface area (Å²) in [7, 11) is -4.67. The quantitative estimate of drug-likeness (QED) is 0.290. The van der Waals surface area contributed by atoms with Crippen LogP contribution in [0, 0.1) is 0 Å². The summed E-state index contributed by atoms with van der Waals surface area (Å²) in [6.45, 7) is 0. The van der Waals surface area contributed by atoms with Crippen LogP contribution in [0.4, 0.5) is 0 Å². The van der Waals surface area contributed by atoms with Crippen molar-refractivity contribution in [3.05, 3.63) is 0 Å². The summed E-state index contributed by atoms with van der Waals surface area (Å²) in [5, 5.41) is 0. The molecule has 0 aromatic heterocycles. The Morgan fingerprint density at radius 3 is 1.14 bits per heavy atom. The zero-order valence-electron chi connectivity index (χ0n) is 2.83. The predicted octanol–water partition coefficient (Wildman–Crippen LogP) is -1.14. The van der Waals surface area contributed by atoms with Crippen LogP contribution in [0.2, 0.25) is 0 Å². The van der Waals surface area contributed by atoms with Crippen molar-refractivity contribution in [2.75, 3.05) is 0 Å². The van der Waals surface area contributed by atoms with Gasteiger partial charge in [-0.15, -0.1) is 0 Å². The predicted molar refractivity (Wildman–Crippen MR) is 26.3 cm³/mol. The first-order valence-electron chi connectivity index (χ1n) is 0.698. The molecule has 0 rings (SSSR count).